The Morgan fingerprint density at radius 2 is 1.83 bits per heavy atom. The number of allylic oxidation sites excluding steroid dienone is 1. The van der Waals surface area contributed by atoms with E-state index in [1.807, 2.05) is 6.92 Å². The first-order chi connectivity index (χ1) is 10.5. The number of aliphatic hydroxyl groups excluding tert-OH is 1. The second-order valence-electron chi connectivity index (χ2n) is 8.22. The third-order valence-electron chi connectivity index (χ3n) is 5.29. The van der Waals surface area contributed by atoms with Crippen molar-refractivity contribution in [1.82, 2.24) is 4.65 Å². The lowest BCUT2D eigenvalue weighted by Gasteiger charge is -2.42. The normalized spacial score (nSPS) is 22.7. The van der Waals surface area contributed by atoms with Crippen molar-refractivity contribution >= 4 is 19.6 Å². The molecule has 0 aliphatic carbocycles. The minimum atomic E-state index is -2.00. The molecular weight excluding hydrogens is 302 g/mol. The fraction of sp³-hybridized carbons (Fsp3) is 0.579. The van der Waals surface area contributed by atoms with Gasteiger partial charge in [0.05, 0.1) is 0 Å². The maximum atomic E-state index is 10.4. The minimum absolute atomic E-state index is 0.120. The number of benzene rings is 1. The summed E-state index contributed by atoms with van der Waals surface area (Å²) in [5.74, 6) is 0. The van der Waals surface area contributed by atoms with E-state index in [1.54, 1.807) is 0 Å². The van der Waals surface area contributed by atoms with Crippen LogP contribution in [0.2, 0.25) is 18.1 Å². The number of quaternary nitrogens is 1. The standard InChI is InChI=1S/C19H32NO2Si/c1-8-16(21)14-20(22-23(6,7)19(3,4)5)13-15(2)17-11-9-10-12-18(17)20/h9-13,16,21H,8,14H2,1-7H3/q+1. The molecule has 0 fully saturated rings. The topological polar surface area (TPSA) is 29.5 Å². The summed E-state index contributed by atoms with van der Waals surface area (Å²) < 4.78 is 7.19. The lowest BCUT2D eigenvalue weighted by Crippen LogP contribution is -2.57. The highest BCUT2D eigenvalue weighted by atomic mass is 28.4. The van der Waals surface area contributed by atoms with Gasteiger partial charge in [0.2, 0.25) is 0 Å². The maximum Gasteiger partial charge on any atom is 0.272 e. The lowest BCUT2D eigenvalue weighted by molar-refractivity contribution is -0.0435. The molecule has 0 radical (unpaired) electrons. The summed E-state index contributed by atoms with van der Waals surface area (Å²) in [4.78, 5) is 0. The highest BCUT2D eigenvalue weighted by Crippen LogP contribution is 2.46. The number of rotatable bonds is 5. The first-order valence-corrected chi connectivity index (χ1v) is 11.5. The van der Waals surface area contributed by atoms with Crippen LogP contribution in [-0.2, 0) is 4.53 Å². The fourth-order valence-electron chi connectivity index (χ4n) is 2.84. The summed E-state index contributed by atoms with van der Waals surface area (Å²) in [5.41, 5.74) is 3.61. The first kappa shape index (κ1) is 18.4. The van der Waals surface area contributed by atoms with E-state index in [0.29, 0.717) is 11.2 Å². The zero-order valence-electron chi connectivity index (χ0n) is 15.7. The van der Waals surface area contributed by atoms with Crippen LogP contribution in [0.4, 0.5) is 5.69 Å². The summed E-state index contributed by atoms with van der Waals surface area (Å²) in [6, 6.07) is 8.41. The molecule has 2 rings (SSSR count). The van der Waals surface area contributed by atoms with Crippen LogP contribution in [0.15, 0.2) is 30.5 Å². The molecule has 0 bridgehead atoms. The molecule has 2 unspecified atom stereocenters. The largest absolute Gasteiger partial charge is 0.387 e. The number of hydrogen-bond acceptors (Lipinski definition) is 2. The molecule has 0 amide bonds. The Kier molecular flexibility index (Phi) is 4.93. The number of hydrogen-bond donors (Lipinski definition) is 1. The summed E-state index contributed by atoms with van der Waals surface area (Å²) in [6.07, 6.45) is 2.54. The molecule has 0 saturated heterocycles. The van der Waals surface area contributed by atoms with E-state index in [1.165, 1.54) is 11.1 Å². The molecule has 4 heteroatoms. The average Bonchev–Trinajstić information content (AvgIpc) is 2.70. The van der Waals surface area contributed by atoms with Crippen molar-refractivity contribution in [2.45, 2.75) is 65.3 Å². The van der Waals surface area contributed by atoms with Crippen LogP contribution >= 0.6 is 0 Å². The van der Waals surface area contributed by atoms with Crippen LogP contribution in [0.25, 0.3) is 5.57 Å². The van der Waals surface area contributed by atoms with E-state index in [0.717, 1.165) is 12.1 Å². The Hall–Kier alpha value is -0.943. The van der Waals surface area contributed by atoms with Gasteiger partial charge in [-0.25, -0.2) is 4.53 Å². The number of aliphatic hydroxyl groups is 1. The Labute approximate surface area is 142 Å². The van der Waals surface area contributed by atoms with Crippen LogP contribution in [0.5, 0.6) is 0 Å². The molecule has 1 aromatic carbocycles. The van der Waals surface area contributed by atoms with Gasteiger partial charge in [0.1, 0.15) is 18.8 Å². The molecule has 1 aromatic rings. The number of fused-ring (bicyclic) bond motifs is 1. The summed E-state index contributed by atoms with van der Waals surface area (Å²) in [7, 11) is -2.00. The van der Waals surface area contributed by atoms with Gasteiger partial charge in [0.25, 0.3) is 8.32 Å². The Morgan fingerprint density at radius 1 is 1.22 bits per heavy atom. The highest BCUT2D eigenvalue weighted by molar-refractivity contribution is 6.74. The molecular formula is C19H32NO2Si+. The molecule has 0 spiro atoms. The maximum absolute atomic E-state index is 10.4. The van der Waals surface area contributed by atoms with Crippen molar-refractivity contribution in [2.24, 2.45) is 0 Å². The molecule has 1 heterocycles. The van der Waals surface area contributed by atoms with Gasteiger partial charge < -0.3 is 5.11 Å². The third kappa shape index (κ3) is 3.45. The van der Waals surface area contributed by atoms with Gasteiger partial charge in [-0.2, -0.15) is 0 Å². The summed E-state index contributed by atoms with van der Waals surface area (Å²) >= 11 is 0. The fourth-order valence-corrected chi connectivity index (χ4v) is 4.15. The Bertz CT molecular complexity index is 604. The third-order valence-corrected chi connectivity index (χ3v) is 9.68. The van der Waals surface area contributed by atoms with E-state index < -0.39 is 8.32 Å². The predicted molar refractivity (Wildman–Crippen MR) is 101 cm³/mol. The molecule has 3 nitrogen and oxygen atoms in total. The summed E-state index contributed by atoms with van der Waals surface area (Å²) in [5, 5.41) is 10.5. The van der Waals surface area contributed by atoms with Gasteiger partial charge in [0.15, 0.2) is 5.69 Å². The number of hydroxylamine groups is 2. The molecule has 23 heavy (non-hydrogen) atoms. The van der Waals surface area contributed by atoms with Crippen molar-refractivity contribution in [2.75, 3.05) is 6.54 Å². The van der Waals surface area contributed by atoms with Crippen LogP contribution in [0.1, 0.15) is 46.6 Å². The van der Waals surface area contributed by atoms with Crippen LogP contribution < -0.4 is 4.65 Å². The van der Waals surface area contributed by atoms with Crippen molar-refractivity contribution < 1.29 is 9.63 Å². The van der Waals surface area contributed by atoms with Gasteiger partial charge >= 0.3 is 0 Å². The van der Waals surface area contributed by atoms with Crippen LogP contribution in [-0.4, -0.2) is 26.1 Å². The Morgan fingerprint density at radius 3 is 2.39 bits per heavy atom. The quantitative estimate of drug-likeness (QED) is 0.601. The van der Waals surface area contributed by atoms with Crippen molar-refractivity contribution in [3.8, 4) is 0 Å². The average molecular weight is 335 g/mol. The monoisotopic (exact) mass is 334 g/mol. The predicted octanol–water partition coefficient (Wildman–Crippen LogP) is 5.08. The van der Waals surface area contributed by atoms with E-state index in [4.69, 9.17) is 4.53 Å². The number of para-hydroxylation sites is 1. The van der Waals surface area contributed by atoms with Crippen LogP contribution in [0.3, 0.4) is 0 Å². The second kappa shape index (κ2) is 6.17. The van der Waals surface area contributed by atoms with Gasteiger partial charge in [-0.3, -0.25) is 0 Å². The van der Waals surface area contributed by atoms with E-state index in [9.17, 15) is 5.11 Å². The molecule has 1 aliphatic heterocycles. The van der Waals surface area contributed by atoms with Gasteiger partial charge in [-0.15, -0.1) is 4.65 Å². The van der Waals surface area contributed by atoms with Gasteiger partial charge in [0, 0.05) is 17.2 Å². The van der Waals surface area contributed by atoms with E-state index in [-0.39, 0.29) is 11.1 Å². The highest BCUT2D eigenvalue weighted by Gasteiger charge is 2.50. The molecule has 1 aliphatic rings. The smallest absolute Gasteiger partial charge is 0.272 e. The molecule has 0 aromatic heterocycles. The van der Waals surface area contributed by atoms with Crippen molar-refractivity contribution in [3.05, 3.63) is 36.0 Å². The first-order valence-electron chi connectivity index (χ1n) is 8.58. The minimum Gasteiger partial charge on any atom is -0.387 e. The SMILES string of the molecule is CCC(O)C[N+]1(O[Si](C)(C)C(C)(C)C)C=C(C)c2ccccc21. The van der Waals surface area contributed by atoms with Crippen molar-refractivity contribution in [1.29, 1.82) is 0 Å². The van der Waals surface area contributed by atoms with Gasteiger partial charge in [-0.1, -0.05) is 39.8 Å². The summed E-state index contributed by atoms with van der Waals surface area (Å²) in [6.45, 7) is 16.0. The van der Waals surface area contributed by atoms with Gasteiger partial charge in [-0.05, 0) is 37.5 Å². The zero-order chi connectivity index (χ0) is 17.5. The second-order valence-corrected chi connectivity index (χ2v) is 12.9. The number of nitrogens with zero attached hydrogens (tertiary/aromatic N) is 1. The lowest BCUT2D eigenvalue weighted by atomic mass is 10.1. The zero-order valence-corrected chi connectivity index (χ0v) is 16.7. The van der Waals surface area contributed by atoms with E-state index >= 15 is 0 Å². The Balaban J connectivity index is 2.52. The van der Waals surface area contributed by atoms with E-state index in [2.05, 4.69) is 71.3 Å². The molecule has 128 valence electrons. The van der Waals surface area contributed by atoms with Crippen molar-refractivity contribution in [3.63, 3.8) is 0 Å². The molecule has 1 N–H and O–H groups in total. The molecule has 2 atom stereocenters. The van der Waals surface area contributed by atoms with Crippen LogP contribution in [0, 0.1) is 0 Å². The molecule has 0 saturated carbocycles.